The van der Waals surface area contributed by atoms with Crippen molar-refractivity contribution in [1.82, 2.24) is 10.4 Å². The summed E-state index contributed by atoms with van der Waals surface area (Å²) in [5, 5.41) is 3.19. The number of hydroxylamine groups is 2. The van der Waals surface area contributed by atoms with Gasteiger partial charge in [-0.25, -0.2) is 4.79 Å². The smallest absolute Gasteiger partial charge is 0.358 e. The summed E-state index contributed by atoms with van der Waals surface area (Å²) >= 11 is 0. The number of carbonyl (C=O) groups excluding carboxylic acids is 4. The highest BCUT2D eigenvalue weighted by Gasteiger charge is 2.33. The maximum atomic E-state index is 11.8. The van der Waals surface area contributed by atoms with Gasteiger partial charge in [0.1, 0.15) is 6.61 Å². The van der Waals surface area contributed by atoms with Crippen molar-refractivity contribution in [2.24, 2.45) is 0 Å². The third kappa shape index (κ3) is 8.62. The van der Waals surface area contributed by atoms with Gasteiger partial charge in [0, 0.05) is 19.4 Å². The third-order valence-electron chi connectivity index (χ3n) is 4.19. The summed E-state index contributed by atoms with van der Waals surface area (Å²) in [5.74, 6) is -2.10. The van der Waals surface area contributed by atoms with Crippen LogP contribution in [0.15, 0.2) is 12.7 Å². The van der Waals surface area contributed by atoms with E-state index in [4.69, 9.17) is 14.3 Å². The van der Waals surface area contributed by atoms with Crippen LogP contribution in [0.4, 0.5) is 0 Å². The minimum Gasteiger partial charge on any atom is -0.375 e. The quantitative estimate of drug-likeness (QED) is 0.389. The van der Waals surface area contributed by atoms with E-state index in [9.17, 15) is 19.2 Å². The highest BCUT2D eigenvalue weighted by molar-refractivity contribution is 6.01. The Labute approximate surface area is 165 Å². The topological polar surface area (TPSA) is 111 Å². The lowest BCUT2D eigenvalue weighted by atomic mass is 10.0. The first kappa shape index (κ1) is 23.8. The molecule has 0 aromatic rings. The molecule has 0 aromatic heterocycles. The maximum absolute atomic E-state index is 11.8. The minimum atomic E-state index is -0.809. The molecule has 1 rings (SSSR count). The fourth-order valence-corrected chi connectivity index (χ4v) is 2.32. The number of amides is 3. The third-order valence-corrected chi connectivity index (χ3v) is 4.19. The zero-order valence-corrected chi connectivity index (χ0v) is 17.0. The normalized spacial score (nSPS) is 14.9. The van der Waals surface area contributed by atoms with E-state index in [-0.39, 0.29) is 25.4 Å². The van der Waals surface area contributed by atoms with Crippen LogP contribution < -0.4 is 5.32 Å². The van der Waals surface area contributed by atoms with Crippen molar-refractivity contribution >= 4 is 23.7 Å². The van der Waals surface area contributed by atoms with E-state index in [0.717, 1.165) is 0 Å². The predicted octanol–water partition coefficient (Wildman–Crippen LogP) is 1.27. The summed E-state index contributed by atoms with van der Waals surface area (Å²) < 4.78 is 11.4. The second-order valence-corrected chi connectivity index (χ2v) is 7.70. The van der Waals surface area contributed by atoms with Crippen molar-refractivity contribution in [2.75, 3.05) is 19.8 Å². The maximum Gasteiger partial charge on any atom is 0.358 e. The first-order valence-corrected chi connectivity index (χ1v) is 9.20. The Morgan fingerprint density at radius 2 is 1.64 bits per heavy atom. The number of hydrogen-bond donors (Lipinski definition) is 1. The molecule has 0 aromatic carbocycles. The molecule has 9 heteroatoms. The molecule has 3 amide bonds. The number of imide groups is 1. The van der Waals surface area contributed by atoms with E-state index in [1.807, 2.05) is 13.8 Å². The Balaban J connectivity index is 2.30. The van der Waals surface area contributed by atoms with Crippen molar-refractivity contribution in [2.45, 2.75) is 64.6 Å². The zero-order valence-electron chi connectivity index (χ0n) is 17.0. The largest absolute Gasteiger partial charge is 0.375 e. The summed E-state index contributed by atoms with van der Waals surface area (Å²) in [4.78, 5) is 50.6. The lowest BCUT2D eigenvalue weighted by Crippen LogP contribution is -2.37. The van der Waals surface area contributed by atoms with E-state index in [1.54, 1.807) is 13.8 Å². The van der Waals surface area contributed by atoms with Gasteiger partial charge in [0.25, 0.3) is 11.8 Å². The lowest BCUT2D eigenvalue weighted by Gasteiger charge is -2.29. The van der Waals surface area contributed by atoms with Gasteiger partial charge in [0.15, 0.2) is 0 Å². The number of nitrogens with zero attached hydrogens (tertiary/aromatic N) is 1. The number of hydrogen-bond acceptors (Lipinski definition) is 7. The van der Waals surface area contributed by atoms with Crippen LogP contribution in [-0.4, -0.2) is 59.7 Å². The molecule has 1 fully saturated rings. The van der Waals surface area contributed by atoms with Crippen LogP contribution in [-0.2, 0) is 33.5 Å². The summed E-state index contributed by atoms with van der Waals surface area (Å²) in [5.41, 5.74) is -1.12. The number of nitrogens with one attached hydrogen (secondary N) is 1. The molecule has 1 aliphatic heterocycles. The first-order chi connectivity index (χ1) is 13.0. The van der Waals surface area contributed by atoms with Crippen LogP contribution in [0.1, 0.15) is 53.4 Å². The molecule has 1 aliphatic rings. The zero-order chi connectivity index (χ0) is 21.4. The van der Waals surface area contributed by atoms with E-state index in [0.29, 0.717) is 31.1 Å². The Morgan fingerprint density at radius 1 is 1.07 bits per heavy atom. The molecule has 0 bridgehead atoms. The van der Waals surface area contributed by atoms with Gasteiger partial charge >= 0.3 is 5.97 Å². The van der Waals surface area contributed by atoms with Crippen LogP contribution in [0, 0.1) is 0 Å². The Hall–Kier alpha value is -2.26. The molecule has 1 heterocycles. The summed E-state index contributed by atoms with van der Waals surface area (Å²) in [6.07, 6.45) is 2.43. The molecule has 9 nitrogen and oxygen atoms in total. The van der Waals surface area contributed by atoms with E-state index < -0.39 is 29.0 Å². The van der Waals surface area contributed by atoms with Crippen molar-refractivity contribution < 1.29 is 33.5 Å². The fourth-order valence-electron chi connectivity index (χ4n) is 2.32. The molecule has 1 N–H and O–H groups in total. The first-order valence-electron chi connectivity index (χ1n) is 9.20. The molecule has 28 heavy (non-hydrogen) atoms. The van der Waals surface area contributed by atoms with Gasteiger partial charge in [0.2, 0.25) is 5.91 Å². The Kier molecular flexibility index (Phi) is 8.77. The fraction of sp³-hybridized carbons (Fsp3) is 0.684. The highest BCUT2D eigenvalue weighted by Crippen LogP contribution is 2.19. The van der Waals surface area contributed by atoms with Gasteiger partial charge in [-0.3, -0.25) is 14.4 Å². The van der Waals surface area contributed by atoms with Crippen LogP contribution in [0.25, 0.3) is 0 Å². The second-order valence-electron chi connectivity index (χ2n) is 7.70. The highest BCUT2D eigenvalue weighted by atomic mass is 16.7. The van der Waals surface area contributed by atoms with Gasteiger partial charge in [0.05, 0.1) is 17.8 Å². The molecule has 1 saturated heterocycles. The summed E-state index contributed by atoms with van der Waals surface area (Å²) in [7, 11) is 0. The Morgan fingerprint density at radius 3 is 2.21 bits per heavy atom. The van der Waals surface area contributed by atoms with Crippen LogP contribution in [0.2, 0.25) is 0 Å². The standard InChI is InChI=1S/C19H30N2O7/c1-6-14(22)20-11-9-18(2,3)26-12-10-19(4,5)27-13-17(25)28-21-15(23)7-8-16(21)24/h6H,1,7-13H2,2-5H3,(H,20,22). The van der Waals surface area contributed by atoms with Gasteiger partial charge in [-0.15, -0.1) is 5.06 Å². The molecular formula is C19H30N2O7. The van der Waals surface area contributed by atoms with Crippen LogP contribution in [0.3, 0.4) is 0 Å². The average molecular weight is 398 g/mol. The van der Waals surface area contributed by atoms with Crippen molar-refractivity contribution in [3.05, 3.63) is 12.7 Å². The van der Waals surface area contributed by atoms with Gasteiger partial charge < -0.3 is 19.6 Å². The molecule has 0 unspecified atom stereocenters. The van der Waals surface area contributed by atoms with Crippen molar-refractivity contribution in [3.63, 3.8) is 0 Å². The number of rotatable bonds is 12. The molecule has 0 radical (unpaired) electrons. The molecule has 0 saturated carbocycles. The van der Waals surface area contributed by atoms with E-state index >= 15 is 0 Å². The van der Waals surface area contributed by atoms with E-state index in [2.05, 4.69) is 11.9 Å². The molecular weight excluding hydrogens is 368 g/mol. The van der Waals surface area contributed by atoms with Crippen LogP contribution in [0.5, 0.6) is 0 Å². The summed E-state index contributed by atoms with van der Waals surface area (Å²) in [6.45, 7) is 11.3. The average Bonchev–Trinajstić information content (AvgIpc) is 2.91. The molecule has 158 valence electrons. The number of carbonyl (C=O) groups is 4. The number of ether oxygens (including phenoxy) is 2. The lowest BCUT2D eigenvalue weighted by molar-refractivity contribution is -0.203. The van der Waals surface area contributed by atoms with Gasteiger partial charge in [-0.1, -0.05) is 6.58 Å². The monoisotopic (exact) mass is 398 g/mol. The predicted molar refractivity (Wildman–Crippen MR) is 99.7 cm³/mol. The van der Waals surface area contributed by atoms with Crippen molar-refractivity contribution in [1.29, 1.82) is 0 Å². The summed E-state index contributed by atoms with van der Waals surface area (Å²) in [6, 6.07) is 0. The van der Waals surface area contributed by atoms with Crippen LogP contribution >= 0.6 is 0 Å². The van der Waals surface area contributed by atoms with Crippen molar-refractivity contribution in [3.8, 4) is 0 Å². The molecule has 0 atom stereocenters. The van der Waals surface area contributed by atoms with Gasteiger partial charge in [-0.2, -0.15) is 0 Å². The van der Waals surface area contributed by atoms with Gasteiger partial charge in [-0.05, 0) is 46.6 Å². The second kappa shape index (κ2) is 10.3. The van der Waals surface area contributed by atoms with E-state index in [1.165, 1.54) is 6.08 Å². The minimum absolute atomic E-state index is 0.0445. The molecule has 0 spiro atoms. The molecule has 0 aliphatic carbocycles. The SMILES string of the molecule is C=CC(=O)NCCC(C)(C)OCCC(C)(C)OCC(=O)ON1C(=O)CCC1=O. The Bertz CT molecular complexity index is 597.